The van der Waals surface area contributed by atoms with Gasteiger partial charge in [-0.15, -0.1) is 10.2 Å². The summed E-state index contributed by atoms with van der Waals surface area (Å²) in [7, 11) is 0. The summed E-state index contributed by atoms with van der Waals surface area (Å²) in [5, 5.41) is 12.3. The van der Waals surface area contributed by atoms with Gasteiger partial charge in [0, 0.05) is 19.1 Å². The predicted molar refractivity (Wildman–Crippen MR) is 73.0 cm³/mol. The second-order valence-electron chi connectivity index (χ2n) is 4.47. The summed E-state index contributed by atoms with van der Waals surface area (Å²) in [5.74, 6) is 0.0334. The molecule has 1 aliphatic rings. The molecule has 1 aromatic heterocycles. The quantitative estimate of drug-likeness (QED) is 0.890. The van der Waals surface area contributed by atoms with Crippen molar-refractivity contribution in [3.8, 4) is 0 Å². The van der Waals surface area contributed by atoms with E-state index in [9.17, 15) is 4.79 Å². The molecular weight excluding hydrogens is 248 g/mol. The first-order valence-electron chi connectivity index (χ1n) is 6.64. The zero-order chi connectivity index (χ0) is 13.0. The second-order valence-corrected chi connectivity index (χ2v) is 5.45. The number of nitrogens with zero attached hydrogens (tertiary/aromatic N) is 3. The largest absolute Gasteiger partial charge is 0.360 e. The second kappa shape index (κ2) is 6.13. The van der Waals surface area contributed by atoms with Crippen LogP contribution in [-0.2, 0) is 0 Å². The minimum Gasteiger partial charge on any atom is -0.360 e. The Morgan fingerprint density at radius 3 is 2.72 bits per heavy atom. The number of rotatable bonds is 5. The number of hydrogen-bond donors (Lipinski definition) is 1. The third-order valence-corrected chi connectivity index (χ3v) is 4.17. The van der Waals surface area contributed by atoms with E-state index >= 15 is 0 Å². The average molecular weight is 268 g/mol. The van der Waals surface area contributed by atoms with Crippen molar-refractivity contribution in [1.29, 1.82) is 0 Å². The Hall–Kier alpha value is -1.17. The van der Waals surface area contributed by atoms with Gasteiger partial charge in [0.2, 0.25) is 10.1 Å². The zero-order valence-electron chi connectivity index (χ0n) is 11.0. The van der Waals surface area contributed by atoms with E-state index in [1.165, 1.54) is 24.2 Å². The Morgan fingerprint density at radius 1 is 1.39 bits per heavy atom. The lowest BCUT2D eigenvalue weighted by molar-refractivity contribution is 0.0692. The molecule has 1 heterocycles. The Kier molecular flexibility index (Phi) is 4.52. The van der Waals surface area contributed by atoms with Crippen molar-refractivity contribution >= 4 is 22.4 Å². The first-order valence-corrected chi connectivity index (χ1v) is 7.46. The van der Waals surface area contributed by atoms with Crippen LogP contribution in [0.25, 0.3) is 0 Å². The van der Waals surface area contributed by atoms with Gasteiger partial charge in [-0.25, -0.2) is 0 Å². The van der Waals surface area contributed by atoms with Crippen LogP contribution in [0.5, 0.6) is 0 Å². The van der Waals surface area contributed by atoms with E-state index < -0.39 is 0 Å². The fourth-order valence-corrected chi connectivity index (χ4v) is 3.21. The molecular formula is C12H20N4OS. The highest BCUT2D eigenvalue weighted by atomic mass is 32.1. The van der Waals surface area contributed by atoms with Crippen LogP contribution < -0.4 is 5.32 Å². The molecule has 2 rings (SSSR count). The van der Waals surface area contributed by atoms with Crippen molar-refractivity contribution in [2.45, 2.75) is 45.6 Å². The maximum absolute atomic E-state index is 12.4. The molecule has 1 amide bonds. The number of carbonyl (C=O) groups is 1. The molecule has 1 saturated carbocycles. The lowest BCUT2D eigenvalue weighted by Gasteiger charge is -2.26. The van der Waals surface area contributed by atoms with Gasteiger partial charge in [0.15, 0.2) is 0 Å². The number of nitrogens with one attached hydrogen (secondary N) is 1. The van der Waals surface area contributed by atoms with E-state index in [4.69, 9.17) is 0 Å². The van der Waals surface area contributed by atoms with Crippen LogP contribution in [0.3, 0.4) is 0 Å². The Labute approximate surface area is 112 Å². The molecule has 5 nitrogen and oxygen atoms in total. The van der Waals surface area contributed by atoms with Crippen molar-refractivity contribution in [2.75, 3.05) is 18.4 Å². The van der Waals surface area contributed by atoms with Gasteiger partial charge in [-0.1, -0.05) is 24.2 Å². The summed E-state index contributed by atoms with van der Waals surface area (Å²) in [6.45, 7) is 5.57. The summed E-state index contributed by atoms with van der Waals surface area (Å²) in [5.41, 5.74) is 0. The van der Waals surface area contributed by atoms with Gasteiger partial charge < -0.3 is 10.2 Å². The van der Waals surface area contributed by atoms with E-state index in [0.29, 0.717) is 11.0 Å². The fourth-order valence-electron chi connectivity index (χ4n) is 2.44. The number of carbonyl (C=O) groups excluding carboxylic acids is 1. The highest BCUT2D eigenvalue weighted by Crippen LogP contribution is 2.26. The molecule has 1 aromatic rings. The Balaban J connectivity index is 2.07. The lowest BCUT2D eigenvalue weighted by atomic mass is 10.2. The summed E-state index contributed by atoms with van der Waals surface area (Å²) in [6, 6.07) is 0.397. The first-order chi connectivity index (χ1) is 8.76. The van der Waals surface area contributed by atoms with Gasteiger partial charge in [0.05, 0.1) is 0 Å². The smallest absolute Gasteiger partial charge is 0.285 e. The van der Waals surface area contributed by atoms with Crippen molar-refractivity contribution < 1.29 is 4.79 Å². The van der Waals surface area contributed by atoms with E-state index in [0.717, 1.165) is 31.1 Å². The van der Waals surface area contributed by atoms with Gasteiger partial charge in [-0.2, -0.15) is 0 Å². The molecule has 1 aliphatic carbocycles. The molecule has 18 heavy (non-hydrogen) atoms. The summed E-state index contributed by atoms with van der Waals surface area (Å²) >= 11 is 1.34. The van der Waals surface area contributed by atoms with Crippen LogP contribution in [-0.4, -0.2) is 40.1 Å². The fraction of sp³-hybridized carbons (Fsp3) is 0.750. The van der Waals surface area contributed by atoms with Gasteiger partial charge in [-0.3, -0.25) is 4.79 Å². The van der Waals surface area contributed by atoms with Gasteiger partial charge in [-0.05, 0) is 26.7 Å². The van der Waals surface area contributed by atoms with Crippen LogP contribution in [0.2, 0.25) is 0 Å². The molecule has 100 valence electrons. The van der Waals surface area contributed by atoms with E-state index in [-0.39, 0.29) is 5.91 Å². The minimum absolute atomic E-state index is 0.0334. The minimum atomic E-state index is 0.0334. The van der Waals surface area contributed by atoms with Crippen molar-refractivity contribution in [3.63, 3.8) is 0 Å². The summed E-state index contributed by atoms with van der Waals surface area (Å²) in [6.07, 6.45) is 4.71. The topological polar surface area (TPSA) is 58.1 Å². The molecule has 0 radical (unpaired) electrons. The predicted octanol–water partition coefficient (Wildman–Crippen LogP) is 2.37. The van der Waals surface area contributed by atoms with Crippen molar-refractivity contribution in [1.82, 2.24) is 15.1 Å². The van der Waals surface area contributed by atoms with Crippen molar-refractivity contribution in [3.05, 3.63) is 5.01 Å². The highest BCUT2D eigenvalue weighted by molar-refractivity contribution is 7.17. The van der Waals surface area contributed by atoms with Crippen LogP contribution in [0.15, 0.2) is 0 Å². The van der Waals surface area contributed by atoms with Crippen LogP contribution in [0.1, 0.15) is 49.3 Å². The molecule has 6 heteroatoms. The van der Waals surface area contributed by atoms with Gasteiger partial charge in [0.1, 0.15) is 0 Å². The molecule has 0 atom stereocenters. The number of amides is 1. The molecule has 0 unspecified atom stereocenters. The van der Waals surface area contributed by atoms with Gasteiger partial charge in [0.25, 0.3) is 5.91 Å². The molecule has 0 spiro atoms. The molecule has 0 bridgehead atoms. The maximum atomic E-state index is 12.4. The van der Waals surface area contributed by atoms with Crippen molar-refractivity contribution in [2.24, 2.45) is 0 Å². The molecule has 0 saturated heterocycles. The zero-order valence-corrected chi connectivity index (χ0v) is 11.8. The van der Waals surface area contributed by atoms with Crippen LogP contribution in [0.4, 0.5) is 5.13 Å². The summed E-state index contributed by atoms with van der Waals surface area (Å²) in [4.78, 5) is 14.3. The van der Waals surface area contributed by atoms with E-state index in [1.54, 1.807) is 0 Å². The van der Waals surface area contributed by atoms with Crippen LogP contribution >= 0.6 is 11.3 Å². The number of aromatic nitrogens is 2. The lowest BCUT2D eigenvalue weighted by Crippen LogP contribution is -2.38. The first kappa shape index (κ1) is 13.3. The van der Waals surface area contributed by atoms with E-state index in [1.807, 2.05) is 18.7 Å². The van der Waals surface area contributed by atoms with E-state index in [2.05, 4.69) is 15.5 Å². The molecule has 0 aliphatic heterocycles. The standard InChI is InChI=1S/C12H20N4OS/c1-3-13-12-15-14-10(18-12)11(17)16(4-2)9-7-5-6-8-9/h9H,3-8H2,1-2H3,(H,13,15). The Bertz CT molecular complexity index is 401. The summed E-state index contributed by atoms with van der Waals surface area (Å²) < 4.78 is 0. The van der Waals surface area contributed by atoms with Gasteiger partial charge >= 0.3 is 0 Å². The maximum Gasteiger partial charge on any atom is 0.285 e. The highest BCUT2D eigenvalue weighted by Gasteiger charge is 2.28. The third kappa shape index (κ3) is 2.80. The number of anilines is 1. The monoisotopic (exact) mass is 268 g/mol. The SMILES string of the molecule is CCNc1nnc(C(=O)N(CC)C2CCCC2)s1. The molecule has 1 N–H and O–H groups in total. The third-order valence-electron chi connectivity index (χ3n) is 3.30. The Morgan fingerprint density at radius 2 is 2.11 bits per heavy atom. The number of hydrogen-bond acceptors (Lipinski definition) is 5. The van der Waals surface area contributed by atoms with Crippen LogP contribution in [0, 0.1) is 0 Å². The molecule has 0 aromatic carbocycles. The molecule has 1 fully saturated rings. The normalized spacial score (nSPS) is 15.9. The average Bonchev–Trinajstić information content (AvgIpc) is 3.01.